The first kappa shape index (κ1) is 18.4. The Kier molecular flexibility index (Phi) is 5.71. The number of amides is 2. The van der Waals surface area contributed by atoms with E-state index in [0.29, 0.717) is 22.2 Å². The number of rotatable bonds is 4. The number of anilines is 2. The number of likely N-dealkylation sites (N-methyl/N-ethyl adjacent to an activating group) is 1. The van der Waals surface area contributed by atoms with E-state index in [1.807, 2.05) is 0 Å². The number of hydrogen-bond donors (Lipinski definition) is 2. The number of hydrogen-bond acceptors (Lipinski definition) is 5. The zero-order valence-corrected chi connectivity index (χ0v) is 14.6. The number of phenolic OH excluding ortho intramolecular Hbond substituents is 1. The molecule has 2 N–H and O–H groups in total. The summed E-state index contributed by atoms with van der Waals surface area (Å²) in [4.78, 5) is 25.7. The Bertz CT molecular complexity index is 792. The molecule has 0 aliphatic carbocycles. The number of halogens is 1. The molecule has 0 fully saturated rings. The first-order valence-electron chi connectivity index (χ1n) is 7.17. The molecule has 0 saturated carbocycles. The fraction of sp³-hybridized carbons (Fsp3) is 0.176. The van der Waals surface area contributed by atoms with E-state index in [0.717, 1.165) is 4.90 Å². The average Bonchev–Trinajstić information content (AvgIpc) is 2.62. The van der Waals surface area contributed by atoms with Crippen LogP contribution in [-0.2, 0) is 9.59 Å². The monoisotopic (exact) mass is 364 g/mol. The molecule has 8 heteroatoms. The lowest BCUT2D eigenvalue weighted by Crippen LogP contribution is -2.37. The highest BCUT2D eigenvalue weighted by molar-refractivity contribution is 6.44. The van der Waals surface area contributed by atoms with Crippen LogP contribution in [-0.4, -0.2) is 38.2 Å². The van der Waals surface area contributed by atoms with Gasteiger partial charge >= 0.3 is 11.8 Å². The highest BCUT2D eigenvalue weighted by Gasteiger charge is 2.22. The van der Waals surface area contributed by atoms with Gasteiger partial charge < -0.3 is 24.8 Å². The van der Waals surface area contributed by atoms with Gasteiger partial charge in [0.2, 0.25) is 0 Å². The van der Waals surface area contributed by atoms with Crippen molar-refractivity contribution in [3.05, 3.63) is 41.4 Å². The minimum absolute atomic E-state index is 0.0621. The van der Waals surface area contributed by atoms with Gasteiger partial charge in [-0.05, 0) is 24.3 Å². The van der Waals surface area contributed by atoms with E-state index in [1.54, 1.807) is 0 Å². The van der Waals surface area contributed by atoms with Gasteiger partial charge in [0, 0.05) is 24.9 Å². The van der Waals surface area contributed by atoms with Gasteiger partial charge in [0.15, 0.2) is 0 Å². The van der Waals surface area contributed by atoms with E-state index in [9.17, 15) is 14.7 Å². The second-order valence-corrected chi connectivity index (χ2v) is 5.43. The van der Waals surface area contributed by atoms with Crippen molar-refractivity contribution >= 4 is 34.8 Å². The molecule has 132 valence electrons. The van der Waals surface area contributed by atoms with Crippen LogP contribution in [0.2, 0.25) is 5.02 Å². The van der Waals surface area contributed by atoms with Crippen molar-refractivity contribution in [3.8, 4) is 17.2 Å². The Morgan fingerprint density at radius 2 is 1.68 bits per heavy atom. The maximum atomic E-state index is 12.3. The summed E-state index contributed by atoms with van der Waals surface area (Å²) in [6, 6.07) is 8.82. The summed E-state index contributed by atoms with van der Waals surface area (Å²) in [5.74, 6) is -0.969. The molecule has 7 nitrogen and oxygen atoms in total. The molecule has 0 bridgehead atoms. The first-order chi connectivity index (χ1) is 11.9. The molecule has 0 aromatic heterocycles. The smallest absolute Gasteiger partial charge is 0.316 e. The predicted molar refractivity (Wildman–Crippen MR) is 94.7 cm³/mol. The van der Waals surface area contributed by atoms with Crippen LogP contribution in [0.4, 0.5) is 11.4 Å². The maximum absolute atomic E-state index is 12.3. The van der Waals surface area contributed by atoms with Gasteiger partial charge in [-0.3, -0.25) is 9.59 Å². The van der Waals surface area contributed by atoms with E-state index in [-0.39, 0.29) is 11.4 Å². The second kappa shape index (κ2) is 7.76. The van der Waals surface area contributed by atoms with Crippen LogP contribution in [0.5, 0.6) is 17.2 Å². The van der Waals surface area contributed by atoms with Gasteiger partial charge in [-0.1, -0.05) is 11.6 Å². The molecule has 2 aromatic rings. The third-order valence-electron chi connectivity index (χ3n) is 3.46. The van der Waals surface area contributed by atoms with Crippen molar-refractivity contribution < 1.29 is 24.2 Å². The summed E-state index contributed by atoms with van der Waals surface area (Å²) < 4.78 is 10.3. The van der Waals surface area contributed by atoms with Gasteiger partial charge in [-0.15, -0.1) is 0 Å². The SMILES string of the molecule is COc1cc(NC(=O)C(=O)N(C)c2ccc(O)cc2)c(OC)cc1Cl. The van der Waals surface area contributed by atoms with Crippen LogP contribution in [0.15, 0.2) is 36.4 Å². The number of ether oxygens (including phenoxy) is 2. The summed E-state index contributed by atoms with van der Waals surface area (Å²) in [5, 5.41) is 12.1. The highest BCUT2D eigenvalue weighted by atomic mass is 35.5. The molecule has 0 heterocycles. The molecule has 25 heavy (non-hydrogen) atoms. The lowest BCUT2D eigenvalue weighted by Gasteiger charge is -2.18. The summed E-state index contributed by atoms with van der Waals surface area (Å²) in [6.45, 7) is 0. The second-order valence-electron chi connectivity index (χ2n) is 5.02. The van der Waals surface area contributed by atoms with Crippen LogP contribution < -0.4 is 19.7 Å². The summed E-state index contributed by atoms with van der Waals surface area (Å²) >= 11 is 6.01. The standard InChI is InChI=1S/C17H17ClN2O5/c1-20(10-4-6-11(21)7-5-10)17(23)16(22)19-13-9-14(24-2)12(18)8-15(13)25-3/h4-9,21H,1-3H3,(H,19,22). The molecule has 0 aliphatic heterocycles. The molecule has 0 spiro atoms. The number of carbonyl (C=O) groups is 2. The van der Waals surface area contributed by atoms with Gasteiger partial charge in [0.25, 0.3) is 0 Å². The summed E-state index contributed by atoms with van der Waals surface area (Å²) in [5.41, 5.74) is 0.708. The van der Waals surface area contributed by atoms with Crippen molar-refractivity contribution in [3.63, 3.8) is 0 Å². The topological polar surface area (TPSA) is 88.1 Å². The lowest BCUT2D eigenvalue weighted by molar-refractivity contribution is -0.134. The molecule has 2 amide bonds. The minimum Gasteiger partial charge on any atom is -0.508 e. The van der Waals surface area contributed by atoms with Gasteiger partial charge in [0.05, 0.1) is 24.9 Å². The Labute approximate surface area is 149 Å². The fourth-order valence-corrected chi connectivity index (χ4v) is 2.31. The van der Waals surface area contributed by atoms with E-state index in [4.69, 9.17) is 21.1 Å². The molecular formula is C17H17ClN2O5. The maximum Gasteiger partial charge on any atom is 0.316 e. The van der Waals surface area contributed by atoms with Crippen molar-refractivity contribution in [1.82, 2.24) is 0 Å². The van der Waals surface area contributed by atoms with Gasteiger partial charge in [-0.2, -0.15) is 0 Å². The van der Waals surface area contributed by atoms with Crippen LogP contribution >= 0.6 is 11.6 Å². The van der Waals surface area contributed by atoms with Crippen molar-refractivity contribution in [2.24, 2.45) is 0 Å². The minimum atomic E-state index is -0.863. The van der Waals surface area contributed by atoms with Gasteiger partial charge in [-0.25, -0.2) is 0 Å². The largest absolute Gasteiger partial charge is 0.508 e. The molecule has 0 atom stereocenters. The molecule has 2 aromatic carbocycles. The quantitative estimate of drug-likeness (QED) is 0.814. The van der Waals surface area contributed by atoms with E-state index in [1.165, 1.54) is 57.7 Å². The number of nitrogens with one attached hydrogen (secondary N) is 1. The van der Waals surface area contributed by atoms with E-state index >= 15 is 0 Å². The first-order valence-corrected chi connectivity index (χ1v) is 7.54. The molecule has 0 saturated heterocycles. The third kappa shape index (κ3) is 4.13. The van der Waals surface area contributed by atoms with E-state index < -0.39 is 11.8 Å². The number of carbonyl (C=O) groups excluding carboxylic acids is 2. The highest BCUT2D eigenvalue weighted by Crippen LogP contribution is 2.35. The van der Waals surface area contributed by atoms with E-state index in [2.05, 4.69) is 5.32 Å². The Morgan fingerprint density at radius 1 is 1.08 bits per heavy atom. The Hall–Kier alpha value is -2.93. The average molecular weight is 365 g/mol. The Balaban J connectivity index is 2.21. The molecular weight excluding hydrogens is 348 g/mol. The molecule has 0 unspecified atom stereocenters. The number of nitrogens with zero attached hydrogens (tertiary/aromatic N) is 1. The van der Waals surface area contributed by atoms with Crippen LogP contribution in [0.3, 0.4) is 0 Å². The van der Waals surface area contributed by atoms with Crippen molar-refractivity contribution in [2.75, 3.05) is 31.5 Å². The van der Waals surface area contributed by atoms with Gasteiger partial charge in [0.1, 0.15) is 17.2 Å². The third-order valence-corrected chi connectivity index (χ3v) is 3.75. The predicted octanol–water partition coefficient (Wildman–Crippen LogP) is 2.66. The van der Waals surface area contributed by atoms with Crippen LogP contribution in [0, 0.1) is 0 Å². The summed E-state index contributed by atoms with van der Waals surface area (Å²) in [6.07, 6.45) is 0. The number of aromatic hydroxyl groups is 1. The van der Waals surface area contributed by atoms with Crippen LogP contribution in [0.1, 0.15) is 0 Å². The van der Waals surface area contributed by atoms with Crippen molar-refractivity contribution in [2.45, 2.75) is 0 Å². The normalized spacial score (nSPS) is 10.1. The fourth-order valence-electron chi connectivity index (χ4n) is 2.08. The Morgan fingerprint density at radius 3 is 2.24 bits per heavy atom. The number of benzene rings is 2. The van der Waals surface area contributed by atoms with Crippen molar-refractivity contribution in [1.29, 1.82) is 0 Å². The lowest BCUT2D eigenvalue weighted by atomic mass is 10.2. The number of phenols is 1. The molecule has 0 radical (unpaired) electrons. The molecule has 2 rings (SSSR count). The zero-order chi connectivity index (χ0) is 18.6. The summed E-state index contributed by atoms with van der Waals surface area (Å²) in [7, 11) is 4.30. The number of methoxy groups -OCH3 is 2. The van der Waals surface area contributed by atoms with Crippen LogP contribution in [0.25, 0.3) is 0 Å². The molecule has 0 aliphatic rings. The zero-order valence-electron chi connectivity index (χ0n) is 13.9.